The number of ether oxygens (including phenoxy) is 1. The molecule has 2 aliphatic heterocycles. The van der Waals surface area contributed by atoms with Crippen molar-refractivity contribution in [2.45, 2.75) is 51.0 Å². The second kappa shape index (κ2) is 7.39. The van der Waals surface area contributed by atoms with E-state index >= 15 is 0 Å². The standard InChI is InChI=1S/C23H25F2N3O2/c1-14-15(3-2-7-27-14)12-28(17-4-5-17)22(29)19-11-26-8-6-23(19)18-10-21(25)20(24)9-16(18)13-30-23/h2-3,7,9-10,17,19,26H,4-6,8,11-13H2,1H3/t19-,23?/m1/s1. The molecule has 1 aliphatic carbocycles. The number of carbonyl (C=O) groups excluding carboxylic acids is 1. The molecular weight excluding hydrogens is 388 g/mol. The van der Waals surface area contributed by atoms with Gasteiger partial charge in [0.05, 0.1) is 12.5 Å². The number of benzene rings is 1. The number of nitrogens with zero attached hydrogens (tertiary/aromatic N) is 2. The number of amides is 1. The summed E-state index contributed by atoms with van der Waals surface area (Å²) >= 11 is 0. The van der Waals surface area contributed by atoms with Crippen LogP contribution in [0.4, 0.5) is 8.78 Å². The fourth-order valence-electron chi connectivity index (χ4n) is 4.87. The van der Waals surface area contributed by atoms with Gasteiger partial charge in [-0.25, -0.2) is 8.78 Å². The van der Waals surface area contributed by atoms with E-state index in [0.29, 0.717) is 37.2 Å². The molecule has 1 aromatic heterocycles. The van der Waals surface area contributed by atoms with Crippen molar-refractivity contribution in [1.82, 2.24) is 15.2 Å². The van der Waals surface area contributed by atoms with E-state index < -0.39 is 23.2 Å². The van der Waals surface area contributed by atoms with Gasteiger partial charge in [-0.1, -0.05) is 6.07 Å². The van der Waals surface area contributed by atoms with Crippen LogP contribution in [0.25, 0.3) is 0 Å². The summed E-state index contributed by atoms with van der Waals surface area (Å²) in [5.41, 5.74) is 2.27. The Morgan fingerprint density at radius 3 is 2.90 bits per heavy atom. The van der Waals surface area contributed by atoms with Crippen molar-refractivity contribution in [3.8, 4) is 0 Å². The lowest BCUT2D eigenvalue weighted by atomic mass is 9.75. The second-order valence-electron chi connectivity index (χ2n) is 8.55. The Labute approximate surface area is 174 Å². The van der Waals surface area contributed by atoms with Crippen LogP contribution in [-0.4, -0.2) is 34.9 Å². The summed E-state index contributed by atoms with van der Waals surface area (Å²) < 4.78 is 34.1. The number of rotatable bonds is 4. The Kier molecular flexibility index (Phi) is 4.82. The van der Waals surface area contributed by atoms with Crippen molar-refractivity contribution in [2.75, 3.05) is 13.1 Å². The topological polar surface area (TPSA) is 54.5 Å². The summed E-state index contributed by atoms with van der Waals surface area (Å²) in [6.07, 6.45) is 4.26. The molecule has 0 radical (unpaired) electrons. The number of carbonyl (C=O) groups is 1. The Morgan fingerprint density at radius 1 is 1.33 bits per heavy atom. The quantitative estimate of drug-likeness (QED) is 0.837. The molecule has 2 fully saturated rings. The Balaban J connectivity index is 1.50. The van der Waals surface area contributed by atoms with Gasteiger partial charge in [0.2, 0.25) is 5.91 Å². The molecule has 5 nitrogen and oxygen atoms in total. The maximum Gasteiger partial charge on any atom is 0.230 e. The van der Waals surface area contributed by atoms with Crippen LogP contribution >= 0.6 is 0 Å². The number of hydrogen-bond acceptors (Lipinski definition) is 4. The van der Waals surface area contributed by atoms with E-state index in [-0.39, 0.29) is 18.6 Å². The number of aromatic nitrogens is 1. The Morgan fingerprint density at radius 2 is 2.13 bits per heavy atom. The molecule has 3 heterocycles. The van der Waals surface area contributed by atoms with Gasteiger partial charge in [-0.05, 0) is 67.6 Å². The molecule has 1 amide bonds. The summed E-state index contributed by atoms with van der Waals surface area (Å²) in [4.78, 5) is 20.1. The molecule has 5 rings (SSSR count). The number of pyridine rings is 1. The first kappa shape index (κ1) is 19.6. The van der Waals surface area contributed by atoms with Crippen LogP contribution in [0.2, 0.25) is 0 Å². The van der Waals surface area contributed by atoms with Crippen LogP contribution < -0.4 is 5.32 Å². The zero-order valence-corrected chi connectivity index (χ0v) is 17.0. The molecule has 30 heavy (non-hydrogen) atoms. The zero-order valence-electron chi connectivity index (χ0n) is 17.0. The van der Waals surface area contributed by atoms with Crippen molar-refractivity contribution in [3.05, 3.63) is 64.5 Å². The minimum absolute atomic E-state index is 0.00513. The molecule has 1 spiro atoms. The molecule has 2 atom stereocenters. The third-order valence-electron chi connectivity index (χ3n) is 6.70. The molecule has 1 N–H and O–H groups in total. The minimum atomic E-state index is -0.913. The predicted molar refractivity (Wildman–Crippen MR) is 106 cm³/mol. The van der Waals surface area contributed by atoms with Gasteiger partial charge in [0.25, 0.3) is 0 Å². The van der Waals surface area contributed by atoms with Crippen molar-refractivity contribution < 1.29 is 18.3 Å². The summed E-state index contributed by atoms with van der Waals surface area (Å²) in [5.74, 6) is -2.26. The van der Waals surface area contributed by atoms with Gasteiger partial charge in [-0.15, -0.1) is 0 Å². The lowest BCUT2D eigenvalue weighted by Gasteiger charge is -2.43. The van der Waals surface area contributed by atoms with Crippen LogP contribution in [0.1, 0.15) is 41.6 Å². The predicted octanol–water partition coefficient (Wildman–Crippen LogP) is 3.19. The SMILES string of the molecule is Cc1ncccc1CN(C(=O)[C@H]1CNCCC12OCc1cc(F)c(F)cc12)C1CC1. The van der Waals surface area contributed by atoms with E-state index in [9.17, 15) is 13.6 Å². The van der Waals surface area contributed by atoms with Crippen LogP contribution in [0.5, 0.6) is 0 Å². The van der Waals surface area contributed by atoms with E-state index in [1.807, 2.05) is 24.0 Å². The average molecular weight is 413 g/mol. The number of aryl methyl sites for hydroxylation is 1. The van der Waals surface area contributed by atoms with Gasteiger partial charge in [0, 0.05) is 31.0 Å². The molecule has 3 aliphatic rings. The van der Waals surface area contributed by atoms with Crippen LogP contribution in [0, 0.1) is 24.5 Å². The van der Waals surface area contributed by atoms with Crippen LogP contribution in [0.15, 0.2) is 30.5 Å². The third kappa shape index (κ3) is 3.20. The van der Waals surface area contributed by atoms with Crippen molar-refractivity contribution in [2.24, 2.45) is 5.92 Å². The van der Waals surface area contributed by atoms with Crippen LogP contribution in [-0.2, 0) is 28.3 Å². The highest BCUT2D eigenvalue weighted by atomic mass is 19.2. The largest absolute Gasteiger partial charge is 0.365 e. The van der Waals surface area contributed by atoms with Gasteiger partial charge in [-0.3, -0.25) is 9.78 Å². The number of fused-ring (bicyclic) bond motifs is 2. The van der Waals surface area contributed by atoms with E-state index in [1.165, 1.54) is 12.1 Å². The number of halogens is 2. The van der Waals surface area contributed by atoms with E-state index in [0.717, 1.165) is 24.1 Å². The first-order valence-corrected chi connectivity index (χ1v) is 10.5. The molecule has 2 aromatic rings. The van der Waals surface area contributed by atoms with Gasteiger partial charge >= 0.3 is 0 Å². The molecule has 1 aromatic carbocycles. The molecule has 1 saturated heterocycles. The number of hydrogen-bond donors (Lipinski definition) is 1. The van der Waals surface area contributed by atoms with Crippen molar-refractivity contribution >= 4 is 5.91 Å². The van der Waals surface area contributed by atoms with E-state index in [1.54, 1.807) is 6.20 Å². The second-order valence-corrected chi connectivity index (χ2v) is 8.55. The molecule has 0 bridgehead atoms. The lowest BCUT2D eigenvalue weighted by Crippen LogP contribution is -2.55. The first-order chi connectivity index (χ1) is 14.5. The lowest BCUT2D eigenvalue weighted by molar-refractivity contribution is -0.157. The van der Waals surface area contributed by atoms with E-state index in [4.69, 9.17) is 4.74 Å². The summed E-state index contributed by atoms with van der Waals surface area (Å²) in [5, 5.41) is 3.31. The molecule has 1 unspecified atom stereocenters. The monoisotopic (exact) mass is 413 g/mol. The average Bonchev–Trinajstić information content (AvgIpc) is 3.53. The third-order valence-corrected chi connectivity index (χ3v) is 6.70. The van der Waals surface area contributed by atoms with Gasteiger partial charge in [0.15, 0.2) is 11.6 Å². The van der Waals surface area contributed by atoms with Gasteiger partial charge in [0.1, 0.15) is 5.60 Å². The maximum absolute atomic E-state index is 14.1. The highest BCUT2D eigenvalue weighted by Gasteiger charge is 2.53. The number of piperidine rings is 1. The fraction of sp³-hybridized carbons (Fsp3) is 0.478. The molecular formula is C23H25F2N3O2. The summed E-state index contributed by atoms with van der Waals surface area (Å²) in [6, 6.07) is 6.53. The Bertz CT molecular complexity index is 994. The maximum atomic E-state index is 14.1. The highest BCUT2D eigenvalue weighted by Crippen LogP contribution is 2.48. The molecule has 1 saturated carbocycles. The molecule has 7 heteroatoms. The smallest absolute Gasteiger partial charge is 0.230 e. The van der Waals surface area contributed by atoms with Crippen molar-refractivity contribution in [1.29, 1.82) is 0 Å². The fourth-order valence-corrected chi connectivity index (χ4v) is 4.87. The first-order valence-electron chi connectivity index (χ1n) is 10.5. The Hall–Kier alpha value is -2.38. The summed E-state index contributed by atoms with van der Waals surface area (Å²) in [6.45, 7) is 3.75. The minimum Gasteiger partial charge on any atom is -0.365 e. The molecule has 158 valence electrons. The normalized spacial score (nSPS) is 25.4. The zero-order chi connectivity index (χ0) is 20.9. The van der Waals surface area contributed by atoms with E-state index in [2.05, 4.69) is 10.3 Å². The van der Waals surface area contributed by atoms with Crippen LogP contribution in [0.3, 0.4) is 0 Å². The number of nitrogens with one attached hydrogen (secondary N) is 1. The van der Waals surface area contributed by atoms with Gasteiger partial charge < -0.3 is 15.0 Å². The van der Waals surface area contributed by atoms with Crippen molar-refractivity contribution in [3.63, 3.8) is 0 Å². The van der Waals surface area contributed by atoms with Gasteiger partial charge in [-0.2, -0.15) is 0 Å². The summed E-state index contributed by atoms with van der Waals surface area (Å²) in [7, 11) is 0. The highest BCUT2D eigenvalue weighted by molar-refractivity contribution is 5.82.